The van der Waals surface area contributed by atoms with Crippen LogP contribution in [0, 0.1) is 5.82 Å². The Morgan fingerprint density at radius 2 is 2.32 bits per heavy atom. The molecular weight excluding hydrogens is 281 g/mol. The summed E-state index contributed by atoms with van der Waals surface area (Å²) in [6.45, 7) is 0. The van der Waals surface area contributed by atoms with Crippen LogP contribution < -0.4 is 5.32 Å². The van der Waals surface area contributed by atoms with E-state index >= 15 is 0 Å². The van der Waals surface area contributed by atoms with E-state index in [0.717, 1.165) is 36.1 Å². The van der Waals surface area contributed by atoms with E-state index in [1.165, 1.54) is 6.07 Å². The van der Waals surface area contributed by atoms with E-state index in [2.05, 4.69) is 10.4 Å². The molecule has 0 fully saturated rings. The molecule has 1 aromatic heterocycles. The molecule has 1 heterocycles. The van der Waals surface area contributed by atoms with Crippen LogP contribution in [0.4, 0.5) is 4.39 Å². The van der Waals surface area contributed by atoms with Gasteiger partial charge in [0.15, 0.2) is 0 Å². The fourth-order valence-corrected chi connectivity index (χ4v) is 3.04. The number of carbonyl (C=O) groups is 1. The minimum absolute atomic E-state index is 0.000539. The van der Waals surface area contributed by atoms with Crippen LogP contribution in [-0.4, -0.2) is 15.7 Å². The van der Waals surface area contributed by atoms with Crippen molar-refractivity contribution in [1.29, 1.82) is 0 Å². The Kier molecular flexibility index (Phi) is 4.22. The normalized spacial score (nSPS) is 17.1. The molecule has 1 aliphatic carbocycles. The average molecular weight is 301 g/mol. The van der Waals surface area contributed by atoms with Gasteiger partial charge < -0.3 is 5.32 Å². The number of nitrogens with zero attached hydrogens (tertiary/aromatic N) is 2. The van der Waals surface area contributed by atoms with Crippen LogP contribution in [0.3, 0.4) is 0 Å². The van der Waals surface area contributed by atoms with Gasteiger partial charge in [-0.05, 0) is 48.6 Å². The predicted molar refractivity (Wildman–Crippen MR) is 81.8 cm³/mol. The van der Waals surface area contributed by atoms with Crippen molar-refractivity contribution in [2.75, 3.05) is 0 Å². The molecule has 4 nitrogen and oxygen atoms in total. The molecule has 3 rings (SSSR count). The lowest BCUT2D eigenvalue weighted by Crippen LogP contribution is -2.31. The van der Waals surface area contributed by atoms with Crippen molar-refractivity contribution < 1.29 is 9.18 Å². The van der Waals surface area contributed by atoms with Crippen molar-refractivity contribution in [3.63, 3.8) is 0 Å². The Bertz CT molecular complexity index is 680. The average Bonchev–Trinajstić information content (AvgIpc) is 2.91. The SMILES string of the molecule is Cn1ccc(CCC(=O)NC2CCCc3cc(F)ccc32)n1. The first kappa shape index (κ1) is 14.8. The van der Waals surface area contributed by atoms with E-state index in [9.17, 15) is 9.18 Å². The highest BCUT2D eigenvalue weighted by atomic mass is 19.1. The van der Waals surface area contributed by atoms with Gasteiger partial charge in [0.2, 0.25) is 5.91 Å². The Labute approximate surface area is 129 Å². The molecule has 0 saturated carbocycles. The van der Waals surface area contributed by atoms with Crippen LogP contribution in [-0.2, 0) is 24.7 Å². The van der Waals surface area contributed by atoms with Crippen molar-refractivity contribution in [3.05, 3.63) is 53.1 Å². The van der Waals surface area contributed by atoms with E-state index in [-0.39, 0.29) is 17.8 Å². The van der Waals surface area contributed by atoms with Gasteiger partial charge in [0, 0.05) is 26.1 Å². The van der Waals surface area contributed by atoms with Gasteiger partial charge in [0.05, 0.1) is 11.7 Å². The lowest BCUT2D eigenvalue weighted by atomic mass is 9.87. The molecule has 1 amide bonds. The molecule has 0 aliphatic heterocycles. The maximum Gasteiger partial charge on any atom is 0.220 e. The molecule has 5 heteroatoms. The van der Waals surface area contributed by atoms with Crippen LogP contribution in [0.25, 0.3) is 0 Å². The van der Waals surface area contributed by atoms with Crippen molar-refractivity contribution in [3.8, 4) is 0 Å². The van der Waals surface area contributed by atoms with Gasteiger partial charge in [0.25, 0.3) is 0 Å². The van der Waals surface area contributed by atoms with Crippen LogP contribution in [0.1, 0.15) is 42.1 Å². The Balaban J connectivity index is 1.60. The summed E-state index contributed by atoms with van der Waals surface area (Å²) < 4.78 is 15.0. The first-order valence-corrected chi connectivity index (χ1v) is 7.68. The van der Waals surface area contributed by atoms with E-state index in [0.29, 0.717) is 12.8 Å². The van der Waals surface area contributed by atoms with Crippen molar-refractivity contribution in [1.82, 2.24) is 15.1 Å². The molecule has 1 aliphatic rings. The maximum atomic E-state index is 13.3. The zero-order valence-corrected chi connectivity index (χ0v) is 12.7. The molecule has 22 heavy (non-hydrogen) atoms. The Morgan fingerprint density at radius 1 is 1.45 bits per heavy atom. The van der Waals surface area contributed by atoms with Gasteiger partial charge >= 0.3 is 0 Å². The molecular formula is C17H20FN3O. The second-order valence-corrected chi connectivity index (χ2v) is 5.84. The number of nitrogens with one attached hydrogen (secondary N) is 1. The zero-order valence-electron chi connectivity index (χ0n) is 12.7. The number of rotatable bonds is 4. The second kappa shape index (κ2) is 6.30. The summed E-state index contributed by atoms with van der Waals surface area (Å²) >= 11 is 0. The molecule has 1 aromatic carbocycles. The van der Waals surface area contributed by atoms with Gasteiger partial charge in [-0.15, -0.1) is 0 Å². The second-order valence-electron chi connectivity index (χ2n) is 5.84. The molecule has 0 saturated heterocycles. The number of amides is 1. The zero-order chi connectivity index (χ0) is 15.5. The van der Waals surface area contributed by atoms with E-state index in [4.69, 9.17) is 0 Å². The van der Waals surface area contributed by atoms with E-state index in [1.807, 2.05) is 19.3 Å². The van der Waals surface area contributed by atoms with Crippen LogP contribution >= 0.6 is 0 Å². The van der Waals surface area contributed by atoms with Gasteiger partial charge in [-0.3, -0.25) is 9.48 Å². The van der Waals surface area contributed by atoms with Crippen molar-refractivity contribution in [2.24, 2.45) is 7.05 Å². The molecule has 1 N–H and O–H groups in total. The fraction of sp³-hybridized carbons (Fsp3) is 0.412. The number of hydrogen-bond donors (Lipinski definition) is 1. The highest BCUT2D eigenvalue weighted by Gasteiger charge is 2.22. The summed E-state index contributed by atoms with van der Waals surface area (Å²) in [5, 5.41) is 7.35. The smallest absolute Gasteiger partial charge is 0.220 e. The summed E-state index contributed by atoms with van der Waals surface area (Å²) in [7, 11) is 1.86. The molecule has 0 spiro atoms. The third-order valence-corrected chi connectivity index (χ3v) is 4.13. The fourth-order valence-electron chi connectivity index (χ4n) is 3.04. The Hall–Kier alpha value is -2.17. The maximum absolute atomic E-state index is 13.3. The third kappa shape index (κ3) is 3.35. The lowest BCUT2D eigenvalue weighted by molar-refractivity contribution is -0.121. The number of aromatic nitrogens is 2. The number of hydrogen-bond acceptors (Lipinski definition) is 2. The van der Waals surface area contributed by atoms with Gasteiger partial charge in [-0.25, -0.2) is 4.39 Å². The molecule has 0 radical (unpaired) electrons. The number of halogens is 1. The van der Waals surface area contributed by atoms with Crippen LogP contribution in [0.15, 0.2) is 30.5 Å². The minimum atomic E-state index is -0.208. The van der Waals surface area contributed by atoms with Gasteiger partial charge in [0.1, 0.15) is 5.82 Å². The van der Waals surface area contributed by atoms with Crippen molar-refractivity contribution in [2.45, 2.75) is 38.1 Å². The summed E-state index contributed by atoms with van der Waals surface area (Å²) in [6, 6.07) is 6.78. The molecule has 1 atom stereocenters. The predicted octanol–water partition coefficient (Wildman–Crippen LogP) is 2.69. The first-order chi connectivity index (χ1) is 10.6. The molecule has 0 bridgehead atoms. The van der Waals surface area contributed by atoms with Gasteiger partial charge in [-0.2, -0.15) is 5.10 Å². The Morgan fingerprint density at radius 3 is 3.09 bits per heavy atom. The van der Waals surface area contributed by atoms with E-state index in [1.54, 1.807) is 16.8 Å². The number of fused-ring (bicyclic) bond motifs is 1. The monoisotopic (exact) mass is 301 g/mol. The summed E-state index contributed by atoms with van der Waals surface area (Å²) in [6.07, 6.45) is 5.70. The molecule has 2 aromatic rings. The van der Waals surface area contributed by atoms with E-state index < -0.39 is 0 Å². The first-order valence-electron chi connectivity index (χ1n) is 7.68. The number of aryl methyl sites for hydroxylation is 3. The highest BCUT2D eigenvalue weighted by Crippen LogP contribution is 2.30. The van der Waals surface area contributed by atoms with Crippen LogP contribution in [0.2, 0.25) is 0 Å². The topological polar surface area (TPSA) is 46.9 Å². The minimum Gasteiger partial charge on any atom is -0.349 e. The summed E-state index contributed by atoms with van der Waals surface area (Å²) in [4.78, 5) is 12.1. The lowest BCUT2D eigenvalue weighted by Gasteiger charge is -2.26. The van der Waals surface area contributed by atoms with Gasteiger partial charge in [-0.1, -0.05) is 6.07 Å². The van der Waals surface area contributed by atoms with Crippen LogP contribution in [0.5, 0.6) is 0 Å². The quantitative estimate of drug-likeness (QED) is 0.944. The molecule has 1 unspecified atom stereocenters. The summed E-state index contributed by atoms with van der Waals surface area (Å²) in [5.41, 5.74) is 2.99. The standard InChI is InChI=1S/C17H20FN3O/c1-21-10-9-14(20-21)6-8-17(22)19-16-4-2-3-12-11-13(18)5-7-15(12)16/h5,7,9-11,16H,2-4,6,8H2,1H3,(H,19,22). The number of carbonyl (C=O) groups excluding carboxylic acids is 1. The van der Waals surface area contributed by atoms with Crippen molar-refractivity contribution >= 4 is 5.91 Å². The number of benzene rings is 1. The third-order valence-electron chi connectivity index (χ3n) is 4.13. The highest BCUT2D eigenvalue weighted by molar-refractivity contribution is 5.76. The largest absolute Gasteiger partial charge is 0.349 e. The summed E-state index contributed by atoms with van der Waals surface area (Å²) in [5.74, 6) is -0.186. The molecule has 116 valence electrons.